The van der Waals surface area contributed by atoms with Crippen LogP contribution in [0.25, 0.3) is 0 Å². The van der Waals surface area contributed by atoms with Crippen LogP contribution in [0, 0.1) is 6.92 Å². The third-order valence-electron chi connectivity index (χ3n) is 2.04. The van der Waals surface area contributed by atoms with Gasteiger partial charge in [0, 0.05) is 25.5 Å². The van der Waals surface area contributed by atoms with Crippen molar-refractivity contribution in [2.75, 3.05) is 32.2 Å². The molecule has 0 aliphatic carbocycles. The quantitative estimate of drug-likeness (QED) is 0.759. The third-order valence-corrected chi connectivity index (χ3v) is 3.36. The molecule has 0 amide bonds. The van der Waals surface area contributed by atoms with Crippen molar-refractivity contribution in [2.45, 2.75) is 19.9 Å². The average Bonchev–Trinajstić information content (AvgIpc) is 2.55. The molecular formula is C10H18FN3S. The molecule has 5 heteroatoms. The van der Waals surface area contributed by atoms with Gasteiger partial charge in [-0.05, 0) is 19.9 Å². The zero-order chi connectivity index (χ0) is 11.3. The largest absolute Gasteiger partial charge is 0.354 e. The van der Waals surface area contributed by atoms with E-state index in [4.69, 9.17) is 0 Å². The van der Waals surface area contributed by atoms with Crippen molar-refractivity contribution in [3.63, 3.8) is 0 Å². The number of nitrogens with one attached hydrogen (secondary N) is 1. The molecule has 1 heterocycles. The van der Waals surface area contributed by atoms with Crippen LogP contribution in [0.3, 0.4) is 0 Å². The molecule has 0 unspecified atom stereocenters. The van der Waals surface area contributed by atoms with Gasteiger partial charge >= 0.3 is 0 Å². The summed E-state index contributed by atoms with van der Waals surface area (Å²) in [6.45, 7) is 3.27. The van der Waals surface area contributed by atoms with E-state index in [0.717, 1.165) is 23.9 Å². The summed E-state index contributed by atoms with van der Waals surface area (Å²) < 4.78 is 11.9. The van der Waals surface area contributed by atoms with E-state index in [1.54, 1.807) is 11.3 Å². The van der Waals surface area contributed by atoms with Crippen LogP contribution in [0.15, 0.2) is 0 Å². The number of aromatic nitrogens is 1. The predicted molar refractivity (Wildman–Crippen MR) is 63.5 cm³/mol. The molecule has 1 aromatic heterocycles. The van der Waals surface area contributed by atoms with Crippen molar-refractivity contribution >= 4 is 16.5 Å². The third kappa shape index (κ3) is 3.76. The predicted octanol–water partition coefficient (Wildman–Crippen LogP) is 1.97. The molecule has 1 rings (SSSR count). The second kappa shape index (κ2) is 6.02. The molecule has 3 nitrogen and oxygen atoms in total. The number of alkyl halides is 1. The van der Waals surface area contributed by atoms with E-state index in [0.29, 0.717) is 6.42 Å². The summed E-state index contributed by atoms with van der Waals surface area (Å²) in [6, 6.07) is 0. The van der Waals surface area contributed by atoms with Crippen molar-refractivity contribution in [3.8, 4) is 0 Å². The van der Waals surface area contributed by atoms with Crippen LogP contribution in [0.4, 0.5) is 9.52 Å². The maximum Gasteiger partial charge on any atom is 0.185 e. The molecule has 0 saturated heterocycles. The van der Waals surface area contributed by atoms with E-state index in [-0.39, 0.29) is 6.67 Å². The second-order valence-corrected chi connectivity index (χ2v) is 4.68. The molecule has 0 radical (unpaired) electrons. The lowest BCUT2D eigenvalue weighted by atomic mass is 10.4. The molecule has 0 aliphatic rings. The van der Waals surface area contributed by atoms with E-state index in [2.05, 4.69) is 10.3 Å². The van der Waals surface area contributed by atoms with E-state index in [1.165, 1.54) is 4.88 Å². The topological polar surface area (TPSA) is 28.2 Å². The van der Waals surface area contributed by atoms with E-state index in [9.17, 15) is 4.39 Å². The highest BCUT2D eigenvalue weighted by Gasteiger charge is 2.07. The van der Waals surface area contributed by atoms with Gasteiger partial charge in [0.25, 0.3) is 0 Å². The van der Waals surface area contributed by atoms with Crippen LogP contribution in [0.5, 0.6) is 0 Å². The van der Waals surface area contributed by atoms with Crippen LogP contribution >= 0.6 is 11.3 Å². The fourth-order valence-corrected chi connectivity index (χ4v) is 2.11. The Kier molecular flexibility index (Phi) is 4.98. The van der Waals surface area contributed by atoms with Crippen molar-refractivity contribution < 1.29 is 4.39 Å². The number of hydrogen-bond acceptors (Lipinski definition) is 4. The van der Waals surface area contributed by atoms with Crippen LogP contribution in [0.2, 0.25) is 0 Å². The fourth-order valence-electron chi connectivity index (χ4n) is 1.16. The Balaban J connectivity index is 2.46. The van der Waals surface area contributed by atoms with Gasteiger partial charge in [-0.15, -0.1) is 11.3 Å². The molecular weight excluding hydrogens is 213 g/mol. The fraction of sp³-hybridized carbons (Fsp3) is 0.700. The number of rotatable bonds is 6. The lowest BCUT2D eigenvalue weighted by Crippen LogP contribution is -2.14. The summed E-state index contributed by atoms with van der Waals surface area (Å²) in [5, 5.41) is 4.23. The van der Waals surface area contributed by atoms with Gasteiger partial charge in [0.15, 0.2) is 5.13 Å². The number of hydrogen-bond donors (Lipinski definition) is 1. The number of nitrogens with zero attached hydrogens (tertiary/aromatic N) is 2. The van der Waals surface area contributed by atoms with Gasteiger partial charge in [-0.25, -0.2) is 4.98 Å². The van der Waals surface area contributed by atoms with Crippen molar-refractivity contribution in [1.29, 1.82) is 0 Å². The Hall–Kier alpha value is -0.680. The lowest BCUT2D eigenvalue weighted by Gasteiger charge is -2.05. The van der Waals surface area contributed by atoms with Gasteiger partial charge in [0.05, 0.1) is 12.4 Å². The Morgan fingerprint density at radius 2 is 2.20 bits per heavy atom. The zero-order valence-electron chi connectivity index (χ0n) is 9.51. The molecule has 0 saturated carbocycles. The molecule has 0 atom stereocenters. The Morgan fingerprint density at radius 3 is 2.73 bits per heavy atom. The minimum absolute atomic E-state index is 0.252. The zero-order valence-corrected chi connectivity index (χ0v) is 10.3. The van der Waals surface area contributed by atoms with Crippen molar-refractivity contribution in [2.24, 2.45) is 0 Å². The molecule has 0 aliphatic heterocycles. The highest BCUT2D eigenvalue weighted by Crippen LogP contribution is 2.24. The first-order valence-corrected chi connectivity index (χ1v) is 5.87. The molecule has 0 fully saturated rings. The maximum absolute atomic E-state index is 11.9. The van der Waals surface area contributed by atoms with E-state index in [1.807, 2.05) is 25.9 Å². The second-order valence-electron chi connectivity index (χ2n) is 3.62. The highest BCUT2D eigenvalue weighted by molar-refractivity contribution is 7.15. The minimum atomic E-state index is -0.252. The van der Waals surface area contributed by atoms with Crippen LogP contribution in [0.1, 0.15) is 17.0 Å². The summed E-state index contributed by atoms with van der Waals surface area (Å²) in [5.74, 6) is 0. The van der Waals surface area contributed by atoms with Gasteiger partial charge in [0.2, 0.25) is 0 Å². The van der Waals surface area contributed by atoms with Crippen molar-refractivity contribution in [3.05, 3.63) is 10.6 Å². The SMILES string of the molecule is Cc1nc(N(C)C)sc1CNCCCF. The maximum atomic E-state index is 11.9. The first-order chi connectivity index (χ1) is 7.15. The molecule has 15 heavy (non-hydrogen) atoms. The van der Waals surface area contributed by atoms with Gasteiger partial charge in [-0.3, -0.25) is 4.39 Å². The number of thiazole rings is 1. The van der Waals surface area contributed by atoms with Gasteiger partial charge in [-0.1, -0.05) is 0 Å². The summed E-state index contributed by atoms with van der Waals surface area (Å²) in [6.07, 6.45) is 0.582. The minimum Gasteiger partial charge on any atom is -0.354 e. The summed E-state index contributed by atoms with van der Waals surface area (Å²) >= 11 is 1.68. The van der Waals surface area contributed by atoms with Gasteiger partial charge < -0.3 is 10.2 Å². The lowest BCUT2D eigenvalue weighted by molar-refractivity contribution is 0.459. The standard InChI is InChI=1S/C10H18FN3S/c1-8-9(7-12-6-4-5-11)15-10(13-8)14(2)3/h12H,4-7H2,1-3H3. The Bertz CT molecular complexity index is 299. The van der Waals surface area contributed by atoms with E-state index < -0.39 is 0 Å². The number of anilines is 1. The normalized spacial score (nSPS) is 10.7. The average molecular weight is 231 g/mol. The molecule has 0 bridgehead atoms. The van der Waals surface area contributed by atoms with Crippen LogP contribution in [-0.4, -0.2) is 32.3 Å². The molecule has 0 aromatic carbocycles. The smallest absolute Gasteiger partial charge is 0.185 e. The van der Waals surface area contributed by atoms with E-state index >= 15 is 0 Å². The number of aryl methyl sites for hydroxylation is 1. The molecule has 1 N–H and O–H groups in total. The summed E-state index contributed by atoms with van der Waals surface area (Å²) in [7, 11) is 3.97. The van der Waals surface area contributed by atoms with Crippen LogP contribution in [-0.2, 0) is 6.54 Å². The monoisotopic (exact) mass is 231 g/mol. The Morgan fingerprint density at radius 1 is 1.47 bits per heavy atom. The molecule has 0 spiro atoms. The first-order valence-electron chi connectivity index (χ1n) is 5.05. The van der Waals surface area contributed by atoms with Crippen LogP contribution < -0.4 is 10.2 Å². The molecule has 1 aromatic rings. The van der Waals surface area contributed by atoms with Crippen molar-refractivity contribution in [1.82, 2.24) is 10.3 Å². The van der Waals surface area contributed by atoms with Gasteiger partial charge in [-0.2, -0.15) is 0 Å². The number of halogens is 1. The molecule has 86 valence electrons. The summed E-state index contributed by atoms with van der Waals surface area (Å²) in [5.41, 5.74) is 1.07. The van der Waals surface area contributed by atoms with Gasteiger partial charge in [0.1, 0.15) is 0 Å². The Labute approximate surface area is 94.3 Å². The summed E-state index contributed by atoms with van der Waals surface area (Å²) in [4.78, 5) is 7.68. The highest BCUT2D eigenvalue weighted by atomic mass is 32.1. The first kappa shape index (κ1) is 12.4.